The average Bonchev–Trinajstić information content (AvgIpc) is 3.08. The van der Waals surface area contributed by atoms with Crippen LogP contribution in [0, 0.1) is 7.43 Å². The van der Waals surface area contributed by atoms with Crippen LogP contribution in [-0.2, 0) is 20.4 Å². The zero-order valence-corrected chi connectivity index (χ0v) is 30.8. The molecule has 6 aromatic carbocycles. The van der Waals surface area contributed by atoms with Gasteiger partial charge in [0.15, 0.2) is 0 Å². The molecule has 6 aromatic rings. The largest absolute Gasteiger partial charge is 0.378 e. The monoisotopic (exact) mass is 732 g/mol. The van der Waals surface area contributed by atoms with E-state index in [1.807, 2.05) is 0 Å². The summed E-state index contributed by atoms with van der Waals surface area (Å²) in [6.07, 6.45) is 0. The van der Waals surface area contributed by atoms with Gasteiger partial charge in [-0.3, -0.25) is 0 Å². The summed E-state index contributed by atoms with van der Waals surface area (Å²) in [5.74, 6) is 0. The van der Waals surface area contributed by atoms with Gasteiger partial charge >= 0.3 is 0 Å². The van der Waals surface area contributed by atoms with Crippen LogP contribution in [0.1, 0.15) is 0 Å². The van der Waals surface area contributed by atoms with Crippen LogP contribution in [0.2, 0.25) is 0 Å². The van der Waals surface area contributed by atoms with E-state index in [-0.39, 0.29) is 27.8 Å². The van der Waals surface area contributed by atoms with Gasteiger partial charge in [0, 0.05) is 60.0 Å². The minimum Gasteiger partial charge on any atom is -0.378 e. The molecule has 238 valence electrons. The quantitative estimate of drug-likeness (QED) is 0.0929. The van der Waals surface area contributed by atoms with Crippen molar-refractivity contribution in [3.8, 4) is 0 Å². The van der Waals surface area contributed by atoms with Crippen LogP contribution in [0.25, 0.3) is 0 Å². The standard InChI is InChI=1S/2C20H20NP.CH3.Pd/c2*1-21(2)17-13-15-20(16-14-17)22(18-9-5-3-6-10-18)19-11-7-4-8-12-19;;/h2*3-16H,1-2H3;1H3;/q;;-1;/p+1. The molecule has 0 aliphatic rings. The normalized spacial score (nSPS) is 10.2. The first-order valence-electron chi connectivity index (χ1n) is 14.9. The minimum absolute atomic E-state index is 0. The smallest absolute Gasteiger partial charge is 0.102 e. The van der Waals surface area contributed by atoms with Gasteiger partial charge in [-0.15, -0.1) is 0 Å². The van der Waals surface area contributed by atoms with Gasteiger partial charge in [-0.05, 0) is 84.5 Å². The minimum atomic E-state index is -0.938. The van der Waals surface area contributed by atoms with E-state index in [0.29, 0.717) is 0 Å². The van der Waals surface area contributed by atoms with Crippen LogP contribution in [0.4, 0.5) is 11.4 Å². The Morgan fingerprint density at radius 3 is 1.00 bits per heavy atom. The van der Waals surface area contributed by atoms with Crippen molar-refractivity contribution in [3.63, 3.8) is 0 Å². The van der Waals surface area contributed by atoms with Crippen LogP contribution in [-0.4, -0.2) is 28.2 Å². The molecule has 0 radical (unpaired) electrons. The molecule has 0 atom stereocenters. The molecule has 0 aliphatic carbocycles. The third-order valence-electron chi connectivity index (χ3n) is 7.45. The molecule has 0 N–H and O–H groups in total. The van der Waals surface area contributed by atoms with Crippen molar-refractivity contribution in [2.45, 2.75) is 0 Å². The van der Waals surface area contributed by atoms with E-state index in [0.717, 1.165) is 0 Å². The van der Waals surface area contributed by atoms with E-state index in [2.05, 4.69) is 208 Å². The number of hydrogen-bond acceptors (Lipinski definition) is 2. The van der Waals surface area contributed by atoms with Crippen LogP contribution < -0.4 is 41.6 Å². The van der Waals surface area contributed by atoms with E-state index in [1.54, 1.807) is 0 Å². The summed E-state index contributed by atoms with van der Waals surface area (Å²) in [5, 5.41) is 8.45. The molecule has 46 heavy (non-hydrogen) atoms. The van der Waals surface area contributed by atoms with Crippen molar-refractivity contribution in [2.24, 2.45) is 0 Å². The third kappa shape index (κ3) is 9.72. The first-order chi connectivity index (χ1) is 21.5. The number of rotatable bonds is 8. The van der Waals surface area contributed by atoms with Crippen LogP contribution in [0.5, 0.6) is 0 Å². The van der Waals surface area contributed by atoms with Crippen molar-refractivity contribution < 1.29 is 20.4 Å². The van der Waals surface area contributed by atoms with Gasteiger partial charge in [-0.2, -0.15) is 0 Å². The molecule has 0 fully saturated rings. The Labute approximate surface area is 293 Å². The Bertz CT molecular complexity index is 1470. The Morgan fingerprint density at radius 1 is 0.370 bits per heavy atom. The molecule has 0 saturated carbocycles. The molecule has 6 rings (SSSR count). The molecule has 0 heterocycles. The Morgan fingerprint density at radius 2 is 0.652 bits per heavy atom. The number of benzene rings is 6. The fraction of sp³-hybridized carbons (Fsp3) is 0.0976. The first kappa shape index (κ1) is 36.9. The van der Waals surface area contributed by atoms with Crippen molar-refractivity contribution in [3.05, 3.63) is 177 Å². The van der Waals surface area contributed by atoms with Gasteiger partial charge in [-0.1, -0.05) is 109 Å². The first-order valence-corrected chi connectivity index (χ1v) is 17.8. The summed E-state index contributed by atoms with van der Waals surface area (Å²) in [5.41, 5.74) is 2.48. The maximum atomic E-state index is 2.28. The molecular formula is C41H44N2P2Pd. The summed E-state index contributed by atoms with van der Waals surface area (Å²) in [4.78, 5) is 4.28. The molecule has 5 heteroatoms. The number of nitrogens with zero attached hydrogens (tertiary/aromatic N) is 2. The zero-order valence-electron chi connectivity index (χ0n) is 27.3. The van der Waals surface area contributed by atoms with Gasteiger partial charge < -0.3 is 17.2 Å². The SMILES string of the molecule is CN(C)c1ccc(P(c2ccccc2)c2ccccc2)cc1.CN(C)c1ccc([PH+](c2ccccc2)c2ccccc2)cc1.[CH3-].[Pd]. The fourth-order valence-electron chi connectivity index (χ4n) is 5.14. The summed E-state index contributed by atoms with van der Waals surface area (Å²) in [6.45, 7) is 0. The second-order valence-electron chi connectivity index (χ2n) is 11.0. The third-order valence-corrected chi connectivity index (χ3v) is 12.6. The average molecular weight is 733 g/mol. The molecule has 0 spiro atoms. The van der Waals surface area contributed by atoms with Crippen molar-refractivity contribution in [1.82, 2.24) is 0 Å². The molecular weight excluding hydrogens is 689 g/mol. The van der Waals surface area contributed by atoms with Gasteiger partial charge in [-0.25, -0.2) is 0 Å². The van der Waals surface area contributed by atoms with Crippen molar-refractivity contribution in [1.29, 1.82) is 0 Å². The van der Waals surface area contributed by atoms with E-state index in [1.165, 1.54) is 43.2 Å². The zero-order chi connectivity index (χ0) is 30.7. The van der Waals surface area contributed by atoms with Crippen LogP contribution >= 0.6 is 15.8 Å². The van der Waals surface area contributed by atoms with Gasteiger partial charge in [0.05, 0.1) is 7.92 Å². The number of hydrogen-bond donors (Lipinski definition) is 0. The molecule has 0 saturated heterocycles. The van der Waals surface area contributed by atoms with E-state index < -0.39 is 15.8 Å². The summed E-state index contributed by atoms with van der Waals surface area (Å²) >= 11 is 0. The summed E-state index contributed by atoms with van der Waals surface area (Å²) < 4.78 is 0. The topological polar surface area (TPSA) is 6.48 Å². The maximum absolute atomic E-state index is 2.28. The molecule has 0 unspecified atom stereocenters. The van der Waals surface area contributed by atoms with Crippen molar-refractivity contribution in [2.75, 3.05) is 38.0 Å². The maximum Gasteiger partial charge on any atom is 0.102 e. The Hall–Kier alpha value is -3.56. The van der Waals surface area contributed by atoms with E-state index in [4.69, 9.17) is 0 Å². The second-order valence-corrected chi connectivity index (χ2v) is 15.7. The number of anilines is 2. The van der Waals surface area contributed by atoms with Crippen molar-refractivity contribution >= 4 is 59.0 Å². The summed E-state index contributed by atoms with van der Waals surface area (Å²) in [6, 6.07) is 61.3. The van der Waals surface area contributed by atoms with Gasteiger partial charge in [0.1, 0.15) is 15.9 Å². The molecule has 2 nitrogen and oxygen atoms in total. The van der Waals surface area contributed by atoms with E-state index in [9.17, 15) is 0 Å². The Balaban J connectivity index is 0.000000240. The van der Waals surface area contributed by atoms with Gasteiger partial charge in [0.2, 0.25) is 0 Å². The fourth-order valence-corrected chi connectivity index (χ4v) is 9.97. The predicted molar refractivity (Wildman–Crippen MR) is 207 cm³/mol. The molecule has 0 aromatic heterocycles. The second kappa shape index (κ2) is 18.6. The summed E-state index contributed by atoms with van der Waals surface area (Å²) in [7, 11) is 6.87. The van der Waals surface area contributed by atoms with Crippen LogP contribution in [0.15, 0.2) is 170 Å². The van der Waals surface area contributed by atoms with Gasteiger partial charge in [0.25, 0.3) is 0 Å². The van der Waals surface area contributed by atoms with Crippen LogP contribution in [0.3, 0.4) is 0 Å². The molecule has 0 amide bonds. The Kier molecular flexibility index (Phi) is 14.9. The predicted octanol–water partition coefficient (Wildman–Crippen LogP) is 7.20. The molecule has 0 aliphatic heterocycles. The molecule has 0 bridgehead atoms. The van der Waals surface area contributed by atoms with E-state index >= 15 is 0 Å².